The minimum absolute atomic E-state index is 0.0672. The monoisotopic (exact) mass is 340 g/mol. The maximum atomic E-state index is 12.6. The summed E-state index contributed by atoms with van der Waals surface area (Å²) in [7, 11) is 0. The van der Waals surface area contributed by atoms with Crippen molar-refractivity contribution in [1.29, 1.82) is 0 Å². The van der Waals surface area contributed by atoms with Gasteiger partial charge in [0.15, 0.2) is 5.82 Å². The third-order valence-corrected chi connectivity index (χ3v) is 3.67. The van der Waals surface area contributed by atoms with Gasteiger partial charge >= 0.3 is 6.03 Å². The highest BCUT2D eigenvalue weighted by atomic mass is 16.5. The van der Waals surface area contributed by atoms with Crippen LogP contribution in [0, 0.1) is 12.8 Å². The maximum Gasteiger partial charge on any atom is 0.325 e. The van der Waals surface area contributed by atoms with E-state index in [9.17, 15) is 9.59 Å². The third-order valence-electron chi connectivity index (χ3n) is 3.67. The topological polar surface area (TPSA) is 89.2 Å². The Bertz CT molecular complexity index is 972. The highest BCUT2D eigenvalue weighted by Gasteiger charge is 2.13. The average Bonchev–Trinajstić information content (AvgIpc) is 2.96. The summed E-state index contributed by atoms with van der Waals surface area (Å²) in [4.78, 5) is 24.9. The SMILES string of the molecule is Cc1cc(NC(=O)Nc2cn(CC(C)C)c(=O)c3ccccc23)no1. The molecule has 0 atom stereocenters. The zero-order valence-corrected chi connectivity index (χ0v) is 14.4. The molecule has 0 spiro atoms. The van der Waals surface area contributed by atoms with Crippen LogP contribution in [0.5, 0.6) is 0 Å². The molecule has 2 heterocycles. The van der Waals surface area contributed by atoms with Crippen molar-refractivity contribution in [2.75, 3.05) is 10.6 Å². The van der Waals surface area contributed by atoms with E-state index in [4.69, 9.17) is 4.52 Å². The van der Waals surface area contributed by atoms with Gasteiger partial charge in [-0.3, -0.25) is 10.1 Å². The van der Waals surface area contributed by atoms with Crippen LogP contribution in [0.2, 0.25) is 0 Å². The number of amides is 2. The first-order chi connectivity index (χ1) is 11.9. The number of pyridine rings is 1. The summed E-state index contributed by atoms with van der Waals surface area (Å²) < 4.78 is 6.55. The van der Waals surface area contributed by atoms with Crippen LogP contribution < -0.4 is 16.2 Å². The van der Waals surface area contributed by atoms with Crippen molar-refractivity contribution in [3.63, 3.8) is 0 Å². The molecule has 3 aromatic rings. The summed E-state index contributed by atoms with van der Waals surface area (Å²) in [6.45, 7) is 6.39. The second kappa shape index (κ2) is 6.80. The van der Waals surface area contributed by atoms with E-state index < -0.39 is 6.03 Å². The summed E-state index contributed by atoms with van der Waals surface area (Å²) in [5.74, 6) is 1.24. The van der Waals surface area contributed by atoms with Crippen molar-refractivity contribution in [2.45, 2.75) is 27.3 Å². The van der Waals surface area contributed by atoms with Crippen molar-refractivity contribution in [1.82, 2.24) is 9.72 Å². The molecule has 25 heavy (non-hydrogen) atoms. The Morgan fingerprint density at radius 2 is 1.96 bits per heavy atom. The zero-order valence-electron chi connectivity index (χ0n) is 14.4. The first-order valence-electron chi connectivity index (χ1n) is 8.07. The summed E-state index contributed by atoms with van der Waals surface area (Å²) in [5, 5.41) is 10.4. The maximum absolute atomic E-state index is 12.6. The molecule has 7 nitrogen and oxygen atoms in total. The predicted molar refractivity (Wildman–Crippen MR) is 96.9 cm³/mol. The second-order valence-corrected chi connectivity index (χ2v) is 6.34. The summed E-state index contributed by atoms with van der Waals surface area (Å²) >= 11 is 0. The minimum Gasteiger partial charge on any atom is -0.360 e. The molecule has 0 bridgehead atoms. The molecule has 0 saturated carbocycles. The van der Waals surface area contributed by atoms with Gasteiger partial charge in [-0.05, 0) is 18.9 Å². The van der Waals surface area contributed by atoms with E-state index in [0.29, 0.717) is 40.5 Å². The number of nitrogens with one attached hydrogen (secondary N) is 2. The molecule has 130 valence electrons. The minimum atomic E-state index is -0.451. The van der Waals surface area contributed by atoms with Crippen LogP contribution in [0.15, 0.2) is 45.8 Å². The van der Waals surface area contributed by atoms with E-state index in [1.54, 1.807) is 29.8 Å². The molecule has 0 fully saturated rings. The number of aryl methyl sites for hydroxylation is 1. The number of nitrogens with zero attached hydrogens (tertiary/aromatic N) is 2. The molecule has 0 aliphatic heterocycles. The molecule has 7 heteroatoms. The Hall–Kier alpha value is -3.09. The Morgan fingerprint density at radius 3 is 2.60 bits per heavy atom. The van der Waals surface area contributed by atoms with Gasteiger partial charge in [-0.15, -0.1) is 0 Å². The van der Waals surface area contributed by atoms with Crippen molar-refractivity contribution < 1.29 is 9.32 Å². The van der Waals surface area contributed by atoms with Gasteiger partial charge in [0.2, 0.25) is 0 Å². The number of rotatable bonds is 4. The van der Waals surface area contributed by atoms with Crippen LogP contribution in [-0.4, -0.2) is 15.8 Å². The number of carbonyl (C=O) groups is 1. The lowest BCUT2D eigenvalue weighted by molar-refractivity contribution is 0.262. The van der Waals surface area contributed by atoms with Gasteiger partial charge in [-0.1, -0.05) is 37.2 Å². The number of hydrogen-bond donors (Lipinski definition) is 2. The number of benzene rings is 1. The van der Waals surface area contributed by atoms with Gasteiger partial charge in [-0.2, -0.15) is 0 Å². The number of urea groups is 1. The quantitative estimate of drug-likeness (QED) is 0.759. The number of hydrogen-bond acceptors (Lipinski definition) is 4. The van der Waals surface area contributed by atoms with E-state index in [0.717, 1.165) is 0 Å². The first-order valence-corrected chi connectivity index (χ1v) is 8.07. The fourth-order valence-corrected chi connectivity index (χ4v) is 2.67. The smallest absolute Gasteiger partial charge is 0.325 e. The molecule has 2 aromatic heterocycles. The van der Waals surface area contributed by atoms with E-state index in [2.05, 4.69) is 15.8 Å². The predicted octanol–water partition coefficient (Wildman–Crippen LogP) is 3.60. The molecule has 3 rings (SSSR count). The fourth-order valence-electron chi connectivity index (χ4n) is 2.67. The van der Waals surface area contributed by atoms with E-state index in [1.807, 2.05) is 32.0 Å². The normalized spacial score (nSPS) is 11.0. The largest absolute Gasteiger partial charge is 0.360 e. The summed E-state index contributed by atoms with van der Waals surface area (Å²) in [5.41, 5.74) is 0.496. The molecule has 2 amide bonds. The lowest BCUT2D eigenvalue weighted by Crippen LogP contribution is -2.25. The van der Waals surface area contributed by atoms with Gasteiger partial charge in [0.25, 0.3) is 5.56 Å². The Kier molecular flexibility index (Phi) is 4.56. The highest BCUT2D eigenvalue weighted by molar-refractivity contribution is 6.05. The molecular weight excluding hydrogens is 320 g/mol. The van der Waals surface area contributed by atoms with E-state index in [-0.39, 0.29) is 5.56 Å². The molecule has 0 saturated heterocycles. The lowest BCUT2D eigenvalue weighted by Gasteiger charge is -2.14. The average molecular weight is 340 g/mol. The lowest BCUT2D eigenvalue weighted by atomic mass is 10.1. The fraction of sp³-hybridized carbons (Fsp3) is 0.278. The molecule has 0 unspecified atom stereocenters. The van der Waals surface area contributed by atoms with Crippen LogP contribution in [0.4, 0.5) is 16.3 Å². The van der Waals surface area contributed by atoms with Crippen LogP contribution >= 0.6 is 0 Å². The van der Waals surface area contributed by atoms with Crippen LogP contribution in [-0.2, 0) is 6.54 Å². The van der Waals surface area contributed by atoms with Gasteiger partial charge in [0.1, 0.15) is 5.76 Å². The van der Waals surface area contributed by atoms with Crippen molar-refractivity contribution in [3.8, 4) is 0 Å². The van der Waals surface area contributed by atoms with E-state index >= 15 is 0 Å². The van der Waals surface area contributed by atoms with Gasteiger partial charge in [0, 0.05) is 29.6 Å². The zero-order chi connectivity index (χ0) is 18.0. The number of anilines is 2. The van der Waals surface area contributed by atoms with Gasteiger partial charge in [0.05, 0.1) is 5.69 Å². The van der Waals surface area contributed by atoms with Gasteiger partial charge in [-0.25, -0.2) is 4.79 Å². The van der Waals surface area contributed by atoms with E-state index in [1.165, 1.54) is 0 Å². The third kappa shape index (κ3) is 3.71. The standard InChI is InChI=1S/C18H20N4O3/c1-11(2)9-22-10-15(13-6-4-5-7-14(13)17(22)23)19-18(24)20-16-8-12(3)25-21-16/h4-8,10-11H,9H2,1-3H3,(H2,19,20,21,24). The molecular formula is C18H20N4O3. The first kappa shape index (κ1) is 16.8. The van der Waals surface area contributed by atoms with Crippen molar-refractivity contribution in [3.05, 3.63) is 52.6 Å². The summed E-state index contributed by atoms with van der Waals surface area (Å²) in [6.07, 6.45) is 1.68. The highest BCUT2D eigenvalue weighted by Crippen LogP contribution is 2.21. The van der Waals surface area contributed by atoms with Crippen LogP contribution in [0.3, 0.4) is 0 Å². The van der Waals surface area contributed by atoms with Crippen molar-refractivity contribution in [2.24, 2.45) is 5.92 Å². The molecule has 2 N–H and O–H groups in total. The summed E-state index contributed by atoms with van der Waals surface area (Å²) in [6, 6.07) is 8.39. The molecule has 0 aliphatic rings. The Balaban J connectivity index is 1.95. The molecule has 0 aliphatic carbocycles. The number of fused-ring (bicyclic) bond motifs is 1. The van der Waals surface area contributed by atoms with Crippen molar-refractivity contribution >= 4 is 28.3 Å². The second-order valence-electron chi connectivity index (χ2n) is 6.34. The Morgan fingerprint density at radius 1 is 1.24 bits per heavy atom. The molecule has 1 aromatic carbocycles. The number of carbonyl (C=O) groups excluding carboxylic acids is 1. The van der Waals surface area contributed by atoms with Crippen LogP contribution in [0.1, 0.15) is 19.6 Å². The van der Waals surface area contributed by atoms with Crippen LogP contribution in [0.25, 0.3) is 10.8 Å². The Labute approximate surface area is 144 Å². The van der Waals surface area contributed by atoms with Gasteiger partial charge < -0.3 is 14.4 Å². The molecule has 0 radical (unpaired) electrons. The number of aromatic nitrogens is 2.